The van der Waals surface area contributed by atoms with Crippen molar-refractivity contribution in [1.82, 2.24) is 14.5 Å². The summed E-state index contributed by atoms with van der Waals surface area (Å²) in [6, 6.07) is 5.38. The predicted octanol–water partition coefficient (Wildman–Crippen LogP) is 4.82. The molecule has 3 heterocycles. The molecule has 0 saturated carbocycles. The minimum absolute atomic E-state index is 0.0831. The number of rotatable bonds is 11. The van der Waals surface area contributed by atoms with Gasteiger partial charge in [0.15, 0.2) is 6.61 Å². The van der Waals surface area contributed by atoms with Crippen LogP contribution in [-0.2, 0) is 27.4 Å². The van der Waals surface area contributed by atoms with Gasteiger partial charge < -0.3 is 20.1 Å². The number of aryl methyl sites for hydroxylation is 2. The second-order valence-corrected chi connectivity index (χ2v) is 15.8. The SMILES string of the molecule is Cc1cc(C(=O)N2CCC(O)(CF)CC2)cc(C)c1CCS(=O)(=O)N1CCC2(CC1)N=C(c1ccc(C(F)(F)F)c(OCC(F)(F)C(F)F)c1)NC2=O. The Morgan fingerprint density at radius 2 is 1.60 bits per heavy atom. The van der Waals surface area contributed by atoms with E-state index in [0.717, 1.165) is 11.6 Å². The maximum Gasteiger partial charge on any atom is 0.419 e. The molecular weight excluding hydrogens is 744 g/mol. The quantitative estimate of drug-likeness (QED) is 0.315. The van der Waals surface area contributed by atoms with Crippen molar-refractivity contribution in [2.24, 2.45) is 4.99 Å². The van der Waals surface area contributed by atoms with Crippen molar-refractivity contribution in [2.45, 2.75) is 75.6 Å². The van der Waals surface area contributed by atoms with Crippen LogP contribution in [0, 0.1) is 13.8 Å². The summed E-state index contributed by atoms with van der Waals surface area (Å²) in [6.45, 7) is 0.752. The molecule has 0 unspecified atom stereocenters. The maximum absolute atomic E-state index is 13.5. The molecule has 2 aromatic rings. The van der Waals surface area contributed by atoms with Gasteiger partial charge in [0.1, 0.15) is 23.8 Å². The third-order valence-electron chi connectivity index (χ3n) is 10.0. The first kappa shape index (κ1) is 40.3. The largest absolute Gasteiger partial charge is 0.486 e. The number of aliphatic hydroxyl groups is 1. The monoisotopic (exact) mass is 782 g/mol. The van der Waals surface area contributed by atoms with Gasteiger partial charge in [-0.05, 0) is 86.9 Å². The molecular formula is C34H38F8N4O6S. The van der Waals surface area contributed by atoms with Crippen LogP contribution < -0.4 is 10.1 Å². The van der Waals surface area contributed by atoms with Gasteiger partial charge in [0.2, 0.25) is 10.0 Å². The van der Waals surface area contributed by atoms with Crippen molar-refractivity contribution < 1.29 is 63.0 Å². The molecule has 3 aliphatic rings. The fraction of sp³-hybridized carbons (Fsp3) is 0.559. The van der Waals surface area contributed by atoms with Gasteiger partial charge in [-0.3, -0.25) is 14.6 Å². The number of nitrogens with one attached hydrogen (secondary N) is 1. The highest BCUT2D eigenvalue weighted by molar-refractivity contribution is 7.89. The number of carbonyl (C=O) groups is 2. The number of alkyl halides is 8. The number of amides is 2. The van der Waals surface area contributed by atoms with E-state index in [2.05, 4.69) is 15.0 Å². The molecule has 10 nitrogen and oxygen atoms in total. The van der Waals surface area contributed by atoms with E-state index < -0.39 is 70.2 Å². The first-order valence-corrected chi connectivity index (χ1v) is 18.3. The molecule has 2 aromatic carbocycles. The standard InChI is InChI=1S/C34H38F8N4O6S/c1-20-15-23(28(47)45-10-6-31(49,18-35)7-11-45)16-21(2)24(20)5-14-53(50,51)46-12-8-32(9-13-46)30(48)43-27(44-32)22-3-4-25(34(40,41)42)26(17-22)52-19-33(38,39)29(36)37/h3-4,15-17,29,49H,5-14,18-19H2,1-2H3,(H,43,44,48). The van der Waals surface area contributed by atoms with Crippen LogP contribution in [0.1, 0.15) is 63.9 Å². The Morgan fingerprint density at radius 3 is 2.15 bits per heavy atom. The Balaban J connectivity index is 1.24. The molecule has 1 spiro atoms. The molecule has 0 aromatic heterocycles. The highest BCUT2D eigenvalue weighted by Gasteiger charge is 2.48. The zero-order chi connectivity index (χ0) is 39.1. The third-order valence-corrected chi connectivity index (χ3v) is 11.9. The van der Waals surface area contributed by atoms with Crippen LogP contribution in [-0.4, -0.2) is 109 Å². The van der Waals surface area contributed by atoms with Crippen LogP contribution in [0.5, 0.6) is 5.75 Å². The molecule has 2 saturated heterocycles. The summed E-state index contributed by atoms with van der Waals surface area (Å²) >= 11 is 0. The number of aliphatic imine (C=N–C) groups is 1. The summed E-state index contributed by atoms with van der Waals surface area (Å²) < 4.78 is 138. The van der Waals surface area contributed by atoms with Gasteiger partial charge in [0, 0.05) is 37.3 Å². The van der Waals surface area contributed by atoms with Crippen LogP contribution in [0.2, 0.25) is 0 Å². The average molecular weight is 783 g/mol. The Labute approximate surface area is 300 Å². The lowest BCUT2D eigenvalue weighted by atomic mass is 9.89. The molecule has 53 heavy (non-hydrogen) atoms. The Morgan fingerprint density at radius 1 is 1.00 bits per heavy atom. The number of hydrogen-bond acceptors (Lipinski definition) is 7. The summed E-state index contributed by atoms with van der Waals surface area (Å²) in [6.07, 6.45) is -9.09. The lowest BCUT2D eigenvalue weighted by Crippen LogP contribution is -2.50. The highest BCUT2D eigenvalue weighted by Crippen LogP contribution is 2.39. The van der Waals surface area contributed by atoms with Crippen molar-refractivity contribution in [3.63, 3.8) is 0 Å². The number of amidine groups is 1. The lowest BCUT2D eigenvalue weighted by molar-refractivity contribution is -0.153. The Kier molecular flexibility index (Phi) is 11.2. The van der Waals surface area contributed by atoms with Crippen LogP contribution in [0.3, 0.4) is 0 Å². The fourth-order valence-corrected chi connectivity index (χ4v) is 8.16. The number of hydrogen-bond donors (Lipinski definition) is 2. The number of sulfonamides is 1. The number of benzene rings is 2. The van der Waals surface area contributed by atoms with Gasteiger partial charge in [-0.15, -0.1) is 0 Å². The molecule has 0 aliphatic carbocycles. The molecule has 0 radical (unpaired) electrons. The summed E-state index contributed by atoms with van der Waals surface area (Å²) in [5.74, 6) is -7.34. The summed E-state index contributed by atoms with van der Waals surface area (Å²) in [5.41, 5.74) is -2.07. The molecule has 0 atom stereocenters. The van der Waals surface area contributed by atoms with Crippen LogP contribution in [0.4, 0.5) is 35.1 Å². The molecule has 2 fully saturated rings. The van der Waals surface area contributed by atoms with E-state index in [9.17, 15) is 58.2 Å². The molecule has 5 rings (SSSR count). The number of piperidine rings is 2. The van der Waals surface area contributed by atoms with E-state index in [1.165, 1.54) is 4.31 Å². The van der Waals surface area contributed by atoms with E-state index in [4.69, 9.17) is 0 Å². The maximum atomic E-state index is 13.5. The summed E-state index contributed by atoms with van der Waals surface area (Å²) in [7, 11) is -3.86. The van der Waals surface area contributed by atoms with Crippen molar-refractivity contribution >= 4 is 27.7 Å². The van der Waals surface area contributed by atoms with Crippen molar-refractivity contribution in [2.75, 3.05) is 45.2 Å². The fourth-order valence-electron chi connectivity index (χ4n) is 6.70. The smallest absolute Gasteiger partial charge is 0.419 e. The lowest BCUT2D eigenvalue weighted by Gasteiger charge is -2.36. The Hall–Kier alpha value is -3.84. The molecule has 19 heteroatoms. The van der Waals surface area contributed by atoms with E-state index in [1.54, 1.807) is 30.9 Å². The zero-order valence-corrected chi connectivity index (χ0v) is 29.5. The molecule has 2 amide bonds. The van der Waals surface area contributed by atoms with E-state index in [-0.39, 0.29) is 81.3 Å². The Bertz CT molecular complexity index is 1850. The third kappa shape index (κ3) is 8.61. The van der Waals surface area contributed by atoms with Crippen molar-refractivity contribution in [3.8, 4) is 5.75 Å². The number of halogens is 8. The first-order chi connectivity index (χ1) is 24.6. The van der Waals surface area contributed by atoms with Crippen LogP contribution >= 0.6 is 0 Å². The van der Waals surface area contributed by atoms with E-state index >= 15 is 0 Å². The van der Waals surface area contributed by atoms with Gasteiger partial charge >= 0.3 is 18.5 Å². The van der Waals surface area contributed by atoms with Crippen LogP contribution in [0.25, 0.3) is 0 Å². The predicted molar refractivity (Wildman–Crippen MR) is 176 cm³/mol. The van der Waals surface area contributed by atoms with Crippen molar-refractivity contribution in [3.05, 3.63) is 63.7 Å². The number of ether oxygens (including phenoxy) is 1. The average Bonchev–Trinajstić information content (AvgIpc) is 3.41. The summed E-state index contributed by atoms with van der Waals surface area (Å²) in [4.78, 5) is 32.1. The summed E-state index contributed by atoms with van der Waals surface area (Å²) in [5, 5.41) is 12.6. The second-order valence-electron chi connectivity index (χ2n) is 13.7. The zero-order valence-electron chi connectivity index (χ0n) is 28.7. The molecule has 292 valence electrons. The second kappa shape index (κ2) is 14.8. The van der Waals surface area contributed by atoms with Gasteiger partial charge in [0.05, 0.1) is 16.9 Å². The molecule has 0 bridgehead atoms. The highest BCUT2D eigenvalue weighted by atomic mass is 32.2. The van der Waals surface area contributed by atoms with Gasteiger partial charge in [-0.2, -0.15) is 22.0 Å². The van der Waals surface area contributed by atoms with Crippen molar-refractivity contribution in [1.29, 1.82) is 0 Å². The number of carbonyl (C=O) groups excluding carboxylic acids is 2. The normalized spacial score (nSPS) is 19.4. The van der Waals surface area contributed by atoms with E-state index in [0.29, 0.717) is 28.8 Å². The topological polar surface area (TPSA) is 129 Å². The molecule has 3 aliphatic heterocycles. The van der Waals surface area contributed by atoms with Gasteiger partial charge in [-0.25, -0.2) is 25.9 Å². The van der Waals surface area contributed by atoms with Gasteiger partial charge in [0.25, 0.3) is 11.8 Å². The number of nitrogens with zero attached hydrogens (tertiary/aromatic N) is 3. The van der Waals surface area contributed by atoms with E-state index in [1.807, 2.05) is 0 Å². The minimum atomic E-state index is -5.09. The molecule has 2 N–H and O–H groups in total. The minimum Gasteiger partial charge on any atom is -0.486 e. The van der Waals surface area contributed by atoms with Crippen LogP contribution in [0.15, 0.2) is 35.3 Å². The van der Waals surface area contributed by atoms with Gasteiger partial charge in [-0.1, -0.05) is 6.07 Å². The first-order valence-electron chi connectivity index (χ1n) is 16.7. The number of likely N-dealkylation sites (tertiary alicyclic amines) is 1.